The molecule has 1 unspecified atom stereocenters. The van der Waals surface area contributed by atoms with E-state index in [0.717, 1.165) is 18.4 Å². The van der Waals surface area contributed by atoms with Gasteiger partial charge < -0.3 is 20.1 Å². The van der Waals surface area contributed by atoms with Crippen LogP contribution in [-0.2, 0) is 14.3 Å². The molecule has 2 N–H and O–H groups in total. The highest BCUT2D eigenvalue weighted by molar-refractivity contribution is 5.95. The van der Waals surface area contributed by atoms with Gasteiger partial charge >= 0.3 is 5.97 Å². The normalized spacial score (nSPS) is 11.3. The molecule has 3 aromatic carbocycles. The van der Waals surface area contributed by atoms with Gasteiger partial charge in [-0.1, -0.05) is 67.9 Å². The molecule has 0 aliphatic carbocycles. The van der Waals surface area contributed by atoms with Crippen LogP contribution in [0.15, 0.2) is 78.9 Å². The zero-order valence-electron chi connectivity index (χ0n) is 19.3. The summed E-state index contributed by atoms with van der Waals surface area (Å²) < 4.78 is 24.3. The number of carbonyl (C=O) groups is 3. The highest BCUT2D eigenvalue weighted by atomic mass is 19.1. The topological polar surface area (TPSA) is 93.7 Å². The zero-order chi connectivity index (χ0) is 25.0. The second-order valence-corrected chi connectivity index (χ2v) is 7.71. The van der Waals surface area contributed by atoms with E-state index in [4.69, 9.17) is 9.47 Å². The van der Waals surface area contributed by atoms with Gasteiger partial charge in [-0.25, -0.2) is 9.18 Å². The van der Waals surface area contributed by atoms with E-state index >= 15 is 0 Å². The molecule has 8 heteroatoms. The van der Waals surface area contributed by atoms with Crippen LogP contribution in [0.1, 0.15) is 41.7 Å². The first-order valence-electron chi connectivity index (χ1n) is 11.3. The third-order valence-electron chi connectivity index (χ3n) is 5.06. The molecule has 2 amide bonds. The van der Waals surface area contributed by atoms with Crippen molar-refractivity contribution < 1.29 is 28.2 Å². The van der Waals surface area contributed by atoms with E-state index in [0.29, 0.717) is 0 Å². The molecule has 182 valence electrons. The van der Waals surface area contributed by atoms with Gasteiger partial charge in [0.05, 0.1) is 11.7 Å². The van der Waals surface area contributed by atoms with Gasteiger partial charge in [0.2, 0.25) is 0 Å². The van der Waals surface area contributed by atoms with Crippen LogP contribution in [0.5, 0.6) is 5.75 Å². The molecule has 3 aromatic rings. The van der Waals surface area contributed by atoms with Gasteiger partial charge in [-0.2, -0.15) is 0 Å². The maximum Gasteiger partial charge on any atom is 0.342 e. The van der Waals surface area contributed by atoms with Crippen LogP contribution in [0.3, 0.4) is 0 Å². The van der Waals surface area contributed by atoms with Gasteiger partial charge in [0.25, 0.3) is 11.8 Å². The fourth-order valence-corrected chi connectivity index (χ4v) is 3.39. The molecule has 0 radical (unpaired) electrons. The van der Waals surface area contributed by atoms with Crippen LogP contribution >= 0.6 is 0 Å². The zero-order valence-corrected chi connectivity index (χ0v) is 19.3. The minimum absolute atomic E-state index is 0.0247. The molecule has 0 heterocycles. The summed E-state index contributed by atoms with van der Waals surface area (Å²) in [6.45, 7) is 1.11. The number of hydrogen-bond acceptors (Lipinski definition) is 5. The standard InChI is InChI=1S/C27H27FN2O5/c1-2-10-22(19-11-4-3-5-12-19)29-26(32)18-35-27(33)20-13-6-9-16-24(20)34-17-25(31)30-23-15-8-7-14-21(23)28/h3-9,11-16,22H,2,10,17-18H2,1H3,(H,29,32)(H,30,31). The molecule has 35 heavy (non-hydrogen) atoms. The monoisotopic (exact) mass is 478 g/mol. The Bertz CT molecular complexity index is 1150. The molecule has 3 rings (SSSR count). The van der Waals surface area contributed by atoms with E-state index in [1.54, 1.807) is 18.2 Å². The number of para-hydroxylation sites is 2. The molecule has 0 fully saturated rings. The molecule has 1 atom stereocenters. The van der Waals surface area contributed by atoms with Crippen molar-refractivity contribution >= 4 is 23.5 Å². The summed E-state index contributed by atoms with van der Waals surface area (Å²) in [6, 6.07) is 21.3. The lowest BCUT2D eigenvalue weighted by Crippen LogP contribution is -2.32. The molecule has 0 aliphatic heterocycles. The number of carbonyl (C=O) groups excluding carboxylic acids is 3. The molecule has 0 aromatic heterocycles. The van der Waals surface area contributed by atoms with Gasteiger partial charge in [0.15, 0.2) is 13.2 Å². The molecular formula is C27H27FN2O5. The largest absolute Gasteiger partial charge is 0.483 e. The van der Waals surface area contributed by atoms with Crippen molar-refractivity contribution in [1.29, 1.82) is 0 Å². The van der Waals surface area contributed by atoms with E-state index in [1.807, 2.05) is 37.3 Å². The van der Waals surface area contributed by atoms with E-state index in [-0.39, 0.29) is 23.0 Å². The van der Waals surface area contributed by atoms with Crippen LogP contribution in [0.4, 0.5) is 10.1 Å². The second kappa shape index (κ2) is 12.9. The highest BCUT2D eigenvalue weighted by Crippen LogP contribution is 2.20. The van der Waals surface area contributed by atoms with Crippen LogP contribution in [0, 0.1) is 5.82 Å². The summed E-state index contributed by atoms with van der Waals surface area (Å²) in [5.41, 5.74) is 1.06. The summed E-state index contributed by atoms with van der Waals surface area (Å²) in [5, 5.41) is 5.30. The average Bonchev–Trinajstić information content (AvgIpc) is 2.88. The SMILES string of the molecule is CCCC(NC(=O)COC(=O)c1ccccc1OCC(=O)Nc1ccccc1F)c1ccccc1. The van der Waals surface area contributed by atoms with Gasteiger partial charge in [-0.3, -0.25) is 9.59 Å². The Kier molecular flexibility index (Phi) is 9.36. The van der Waals surface area contributed by atoms with Gasteiger partial charge in [0, 0.05) is 0 Å². The van der Waals surface area contributed by atoms with Crippen molar-refractivity contribution in [2.45, 2.75) is 25.8 Å². The summed E-state index contributed by atoms with van der Waals surface area (Å²) >= 11 is 0. The summed E-state index contributed by atoms with van der Waals surface area (Å²) in [4.78, 5) is 37.2. The fourth-order valence-electron chi connectivity index (χ4n) is 3.39. The first-order valence-corrected chi connectivity index (χ1v) is 11.3. The van der Waals surface area contributed by atoms with Crippen LogP contribution in [0.25, 0.3) is 0 Å². The number of hydrogen-bond donors (Lipinski definition) is 2. The Morgan fingerprint density at radius 2 is 1.54 bits per heavy atom. The number of rotatable bonds is 11. The van der Waals surface area contributed by atoms with Crippen molar-refractivity contribution in [2.24, 2.45) is 0 Å². The number of halogens is 1. The lowest BCUT2D eigenvalue weighted by molar-refractivity contribution is -0.125. The molecule has 7 nitrogen and oxygen atoms in total. The predicted molar refractivity (Wildman–Crippen MR) is 129 cm³/mol. The number of anilines is 1. The third-order valence-corrected chi connectivity index (χ3v) is 5.06. The molecule has 0 saturated carbocycles. The Hall–Kier alpha value is -4.20. The Morgan fingerprint density at radius 1 is 0.857 bits per heavy atom. The van der Waals surface area contributed by atoms with E-state index in [1.165, 1.54) is 30.3 Å². The summed E-state index contributed by atoms with van der Waals surface area (Å²) in [6.07, 6.45) is 1.62. The summed E-state index contributed by atoms with van der Waals surface area (Å²) in [7, 11) is 0. The number of ether oxygens (including phenoxy) is 2. The average molecular weight is 479 g/mol. The van der Waals surface area contributed by atoms with Crippen LogP contribution in [0.2, 0.25) is 0 Å². The van der Waals surface area contributed by atoms with Crippen LogP contribution < -0.4 is 15.4 Å². The number of esters is 1. The first-order chi connectivity index (χ1) is 17.0. The van der Waals surface area contributed by atoms with Crippen molar-refractivity contribution in [3.8, 4) is 5.75 Å². The minimum Gasteiger partial charge on any atom is -0.483 e. The molecule has 0 saturated heterocycles. The maximum absolute atomic E-state index is 13.7. The van der Waals surface area contributed by atoms with Crippen LogP contribution in [-0.4, -0.2) is 31.0 Å². The lowest BCUT2D eigenvalue weighted by Gasteiger charge is -2.18. The smallest absolute Gasteiger partial charge is 0.342 e. The Labute approximate surface area is 203 Å². The second-order valence-electron chi connectivity index (χ2n) is 7.71. The first kappa shape index (κ1) is 25.4. The van der Waals surface area contributed by atoms with Crippen molar-refractivity contribution in [3.05, 3.63) is 95.8 Å². The van der Waals surface area contributed by atoms with Gasteiger partial charge in [-0.05, 0) is 36.2 Å². The third kappa shape index (κ3) is 7.67. The number of benzene rings is 3. The molecule has 0 bridgehead atoms. The van der Waals surface area contributed by atoms with Crippen molar-refractivity contribution in [3.63, 3.8) is 0 Å². The summed E-state index contributed by atoms with van der Waals surface area (Å²) in [5.74, 6) is -2.26. The molecule has 0 spiro atoms. The Balaban J connectivity index is 1.54. The predicted octanol–water partition coefficient (Wildman–Crippen LogP) is 4.66. The number of nitrogens with one attached hydrogen (secondary N) is 2. The van der Waals surface area contributed by atoms with Gasteiger partial charge in [0.1, 0.15) is 17.1 Å². The van der Waals surface area contributed by atoms with Crippen molar-refractivity contribution in [1.82, 2.24) is 5.32 Å². The van der Waals surface area contributed by atoms with E-state index in [9.17, 15) is 18.8 Å². The van der Waals surface area contributed by atoms with E-state index < -0.39 is 36.8 Å². The quantitative estimate of drug-likeness (QED) is 0.391. The molecule has 0 aliphatic rings. The number of amides is 2. The van der Waals surface area contributed by atoms with Gasteiger partial charge in [-0.15, -0.1) is 0 Å². The molecular weight excluding hydrogens is 451 g/mol. The highest BCUT2D eigenvalue weighted by Gasteiger charge is 2.18. The Morgan fingerprint density at radius 3 is 2.29 bits per heavy atom. The fraction of sp³-hybridized carbons (Fsp3) is 0.222. The van der Waals surface area contributed by atoms with Crippen molar-refractivity contribution in [2.75, 3.05) is 18.5 Å². The minimum atomic E-state index is -0.767. The lowest BCUT2D eigenvalue weighted by atomic mass is 10.0. The van der Waals surface area contributed by atoms with E-state index in [2.05, 4.69) is 10.6 Å². The maximum atomic E-state index is 13.7.